The number of aliphatic hydroxyl groups excluding tert-OH is 1. The van der Waals surface area contributed by atoms with Gasteiger partial charge in [-0.3, -0.25) is 0 Å². The second-order valence-electron chi connectivity index (χ2n) is 3.46. The fourth-order valence-electron chi connectivity index (χ4n) is 1.48. The summed E-state index contributed by atoms with van der Waals surface area (Å²) in [6.45, 7) is 1.85. The van der Waals surface area contributed by atoms with E-state index in [0.29, 0.717) is 11.9 Å². The highest BCUT2D eigenvalue weighted by molar-refractivity contribution is 8.01. The molecule has 1 aliphatic rings. The Labute approximate surface area is 103 Å². The molecule has 2 N–H and O–H groups in total. The first-order valence-electron chi connectivity index (χ1n) is 5.31. The molecule has 16 heavy (non-hydrogen) atoms. The number of hydrogen-bond donors (Lipinski definition) is 2. The first-order chi connectivity index (χ1) is 7.88. The predicted molar refractivity (Wildman–Crippen MR) is 65.2 cm³/mol. The van der Waals surface area contributed by atoms with Crippen LogP contribution in [0.15, 0.2) is 4.34 Å². The highest BCUT2D eigenvalue weighted by Crippen LogP contribution is 2.25. The van der Waals surface area contributed by atoms with Crippen molar-refractivity contribution in [2.45, 2.75) is 23.3 Å². The van der Waals surface area contributed by atoms with E-state index in [1.54, 1.807) is 0 Å². The molecule has 0 radical (unpaired) electrons. The molecule has 0 spiro atoms. The summed E-state index contributed by atoms with van der Waals surface area (Å²) in [6.07, 6.45) is 2.59. The highest BCUT2D eigenvalue weighted by atomic mass is 32.2. The first-order valence-corrected chi connectivity index (χ1v) is 7.11. The third-order valence-electron chi connectivity index (χ3n) is 2.23. The Morgan fingerprint density at radius 3 is 3.25 bits per heavy atom. The number of ether oxygens (including phenoxy) is 1. The van der Waals surface area contributed by atoms with Crippen LogP contribution in [-0.4, -0.2) is 46.9 Å². The standard InChI is InChI=1S/C9H15N3O2S2/c13-3-5-15-9-12-11-8(16-9)10-6-7-2-1-4-14-7/h7,13H,1-6H2,(H,10,11)/t7-/m0/s1. The third-order valence-corrected chi connectivity index (χ3v) is 4.22. The van der Waals surface area contributed by atoms with Gasteiger partial charge < -0.3 is 15.2 Å². The fraction of sp³-hybridized carbons (Fsp3) is 0.778. The smallest absolute Gasteiger partial charge is 0.206 e. The van der Waals surface area contributed by atoms with Gasteiger partial charge in [0.15, 0.2) is 4.34 Å². The maximum absolute atomic E-state index is 8.68. The maximum atomic E-state index is 8.68. The number of aliphatic hydroxyl groups is 1. The van der Waals surface area contributed by atoms with Gasteiger partial charge in [-0.1, -0.05) is 23.1 Å². The minimum absolute atomic E-state index is 0.170. The van der Waals surface area contributed by atoms with Crippen molar-refractivity contribution in [3.05, 3.63) is 0 Å². The predicted octanol–water partition coefficient (Wildman–Crippen LogP) is 1.21. The zero-order valence-corrected chi connectivity index (χ0v) is 10.5. The number of anilines is 1. The molecule has 90 valence electrons. The lowest BCUT2D eigenvalue weighted by atomic mass is 10.2. The van der Waals surface area contributed by atoms with Crippen molar-refractivity contribution in [2.75, 3.05) is 30.8 Å². The maximum Gasteiger partial charge on any atom is 0.206 e. The second-order valence-corrected chi connectivity index (χ2v) is 5.78. The zero-order valence-electron chi connectivity index (χ0n) is 8.89. The van der Waals surface area contributed by atoms with Crippen LogP contribution in [0.2, 0.25) is 0 Å². The van der Waals surface area contributed by atoms with Crippen molar-refractivity contribution in [3.63, 3.8) is 0 Å². The van der Waals surface area contributed by atoms with Gasteiger partial charge in [-0.25, -0.2) is 0 Å². The van der Waals surface area contributed by atoms with Gasteiger partial charge in [-0.05, 0) is 12.8 Å². The van der Waals surface area contributed by atoms with Crippen LogP contribution in [0.1, 0.15) is 12.8 Å². The van der Waals surface area contributed by atoms with E-state index < -0.39 is 0 Å². The second kappa shape index (κ2) is 6.39. The summed E-state index contributed by atoms with van der Waals surface area (Å²) < 4.78 is 6.39. The number of aromatic nitrogens is 2. The van der Waals surface area contributed by atoms with Crippen molar-refractivity contribution in [1.82, 2.24) is 10.2 Å². The molecule has 1 atom stereocenters. The van der Waals surface area contributed by atoms with Crippen LogP contribution in [0.5, 0.6) is 0 Å². The molecule has 0 saturated carbocycles. The molecule has 2 rings (SSSR count). The Morgan fingerprint density at radius 2 is 2.50 bits per heavy atom. The molecule has 2 heterocycles. The Balaban J connectivity index is 1.73. The molecule has 0 aliphatic carbocycles. The van der Waals surface area contributed by atoms with Gasteiger partial charge in [0.1, 0.15) is 0 Å². The van der Waals surface area contributed by atoms with Crippen molar-refractivity contribution in [3.8, 4) is 0 Å². The number of hydrogen-bond acceptors (Lipinski definition) is 7. The van der Waals surface area contributed by atoms with E-state index in [9.17, 15) is 0 Å². The number of thioether (sulfide) groups is 1. The van der Waals surface area contributed by atoms with E-state index in [0.717, 1.165) is 35.5 Å². The minimum atomic E-state index is 0.170. The Bertz CT molecular complexity index is 315. The largest absolute Gasteiger partial charge is 0.396 e. The Hall–Kier alpha value is -0.370. The number of nitrogens with zero attached hydrogens (tertiary/aromatic N) is 2. The third kappa shape index (κ3) is 3.58. The van der Waals surface area contributed by atoms with Gasteiger partial charge in [-0.15, -0.1) is 10.2 Å². The fourth-order valence-corrected chi connectivity index (χ4v) is 3.05. The van der Waals surface area contributed by atoms with E-state index in [1.807, 2.05) is 0 Å². The van der Waals surface area contributed by atoms with E-state index in [4.69, 9.17) is 9.84 Å². The average molecular weight is 261 g/mol. The summed E-state index contributed by atoms with van der Waals surface area (Å²) in [5, 5.41) is 20.8. The summed E-state index contributed by atoms with van der Waals surface area (Å²) in [6, 6.07) is 0. The quantitative estimate of drug-likeness (QED) is 0.750. The van der Waals surface area contributed by atoms with E-state index >= 15 is 0 Å². The topological polar surface area (TPSA) is 67.3 Å². The molecule has 1 fully saturated rings. The molecule has 0 unspecified atom stereocenters. The van der Waals surface area contributed by atoms with Crippen LogP contribution < -0.4 is 5.32 Å². The average Bonchev–Trinajstić information content (AvgIpc) is 2.95. The lowest BCUT2D eigenvalue weighted by Crippen LogP contribution is -2.18. The lowest BCUT2D eigenvalue weighted by Gasteiger charge is -2.08. The van der Waals surface area contributed by atoms with Crippen LogP contribution >= 0.6 is 23.1 Å². The van der Waals surface area contributed by atoms with E-state index in [1.165, 1.54) is 23.1 Å². The van der Waals surface area contributed by atoms with Gasteiger partial charge >= 0.3 is 0 Å². The van der Waals surface area contributed by atoms with Crippen LogP contribution in [0.3, 0.4) is 0 Å². The number of nitrogens with one attached hydrogen (secondary N) is 1. The summed E-state index contributed by atoms with van der Waals surface area (Å²) in [5.74, 6) is 0.667. The minimum Gasteiger partial charge on any atom is -0.396 e. The Morgan fingerprint density at radius 1 is 1.56 bits per heavy atom. The van der Waals surface area contributed by atoms with Crippen LogP contribution in [0.25, 0.3) is 0 Å². The molecule has 1 aromatic heterocycles. The van der Waals surface area contributed by atoms with Gasteiger partial charge in [0.2, 0.25) is 5.13 Å². The van der Waals surface area contributed by atoms with Crippen molar-refractivity contribution in [2.24, 2.45) is 0 Å². The van der Waals surface area contributed by atoms with E-state index in [2.05, 4.69) is 15.5 Å². The molecule has 5 nitrogen and oxygen atoms in total. The summed E-state index contributed by atoms with van der Waals surface area (Å²) >= 11 is 3.04. The van der Waals surface area contributed by atoms with Gasteiger partial charge in [0.05, 0.1) is 12.7 Å². The van der Waals surface area contributed by atoms with Gasteiger partial charge in [-0.2, -0.15) is 0 Å². The van der Waals surface area contributed by atoms with Crippen LogP contribution in [0.4, 0.5) is 5.13 Å². The molecule has 1 aromatic rings. The molecular formula is C9H15N3O2S2. The molecule has 7 heteroatoms. The van der Waals surface area contributed by atoms with Crippen LogP contribution in [-0.2, 0) is 4.74 Å². The van der Waals surface area contributed by atoms with Crippen LogP contribution in [0, 0.1) is 0 Å². The lowest BCUT2D eigenvalue weighted by molar-refractivity contribution is 0.120. The molecule has 0 amide bonds. The van der Waals surface area contributed by atoms with Gasteiger partial charge in [0, 0.05) is 18.9 Å². The van der Waals surface area contributed by atoms with Crippen molar-refractivity contribution in [1.29, 1.82) is 0 Å². The molecular weight excluding hydrogens is 246 g/mol. The first kappa shape index (κ1) is 12.1. The van der Waals surface area contributed by atoms with Gasteiger partial charge in [0.25, 0.3) is 0 Å². The normalized spacial score (nSPS) is 20.2. The highest BCUT2D eigenvalue weighted by Gasteiger charge is 2.15. The molecule has 1 saturated heterocycles. The zero-order chi connectivity index (χ0) is 11.2. The van der Waals surface area contributed by atoms with E-state index in [-0.39, 0.29) is 6.61 Å². The van der Waals surface area contributed by atoms with Crippen molar-refractivity contribution < 1.29 is 9.84 Å². The summed E-state index contributed by atoms with van der Waals surface area (Å²) in [5.41, 5.74) is 0. The number of rotatable bonds is 6. The Kier molecular flexibility index (Phi) is 4.83. The SMILES string of the molecule is OCCSc1nnc(NC[C@@H]2CCCO2)s1. The molecule has 1 aliphatic heterocycles. The van der Waals surface area contributed by atoms with Crippen molar-refractivity contribution >= 4 is 28.2 Å². The summed E-state index contributed by atoms with van der Waals surface area (Å²) in [4.78, 5) is 0. The summed E-state index contributed by atoms with van der Waals surface area (Å²) in [7, 11) is 0. The molecule has 0 bridgehead atoms. The molecule has 0 aromatic carbocycles. The monoisotopic (exact) mass is 261 g/mol.